The van der Waals surface area contributed by atoms with Gasteiger partial charge in [0.05, 0.1) is 0 Å². The first-order chi connectivity index (χ1) is 12.3. The van der Waals surface area contributed by atoms with Crippen molar-refractivity contribution in [1.82, 2.24) is 0 Å². The van der Waals surface area contributed by atoms with Crippen molar-refractivity contribution >= 4 is 24.9 Å². The second-order valence-corrected chi connectivity index (χ2v) is 9.87. The molecule has 1 unspecified atom stereocenters. The molecule has 3 rings (SSSR count). The van der Waals surface area contributed by atoms with Crippen molar-refractivity contribution in [2.45, 2.75) is 59.3 Å². The monoisotopic (exact) mass is 369 g/mol. The van der Waals surface area contributed by atoms with Gasteiger partial charge in [-0.25, -0.2) is 0 Å². The Bertz CT molecular complexity index is 786. The molecule has 3 heteroatoms. The van der Waals surface area contributed by atoms with Crippen molar-refractivity contribution in [3.8, 4) is 5.75 Å². The zero-order chi connectivity index (χ0) is 18.9. The molecule has 2 nitrogen and oxygen atoms in total. The highest BCUT2D eigenvalue weighted by Crippen LogP contribution is 2.32. The SMILES string of the molecule is Cc1cc(C(C)(C)C)cc(Pc2c(C)cccc2N2CCCCC2)c1O. The summed E-state index contributed by atoms with van der Waals surface area (Å²) in [6, 6.07) is 11.0. The van der Waals surface area contributed by atoms with Gasteiger partial charge in [0.25, 0.3) is 0 Å². The molecule has 0 aliphatic carbocycles. The summed E-state index contributed by atoms with van der Waals surface area (Å²) >= 11 is 0. The first kappa shape index (κ1) is 19.2. The van der Waals surface area contributed by atoms with Crippen LogP contribution in [0.4, 0.5) is 5.69 Å². The van der Waals surface area contributed by atoms with Crippen LogP contribution in [0.2, 0.25) is 0 Å². The van der Waals surface area contributed by atoms with Crippen LogP contribution >= 0.6 is 8.58 Å². The Morgan fingerprint density at radius 1 is 0.962 bits per heavy atom. The minimum atomic E-state index is 0.0825. The van der Waals surface area contributed by atoms with Gasteiger partial charge in [0.2, 0.25) is 0 Å². The van der Waals surface area contributed by atoms with E-state index in [0.29, 0.717) is 14.3 Å². The van der Waals surface area contributed by atoms with Gasteiger partial charge < -0.3 is 10.0 Å². The van der Waals surface area contributed by atoms with Crippen LogP contribution in [0, 0.1) is 13.8 Å². The van der Waals surface area contributed by atoms with Crippen LogP contribution in [-0.4, -0.2) is 18.2 Å². The van der Waals surface area contributed by atoms with Crippen LogP contribution in [0.15, 0.2) is 30.3 Å². The number of benzene rings is 2. The van der Waals surface area contributed by atoms with Gasteiger partial charge in [0, 0.05) is 29.4 Å². The molecular weight excluding hydrogens is 337 g/mol. The molecule has 0 saturated carbocycles. The number of phenolic OH excluding ortho intramolecular Hbond substituents is 1. The Balaban J connectivity index is 2.03. The van der Waals surface area contributed by atoms with Crippen molar-refractivity contribution in [3.63, 3.8) is 0 Å². The minimum Gasteiger partial charge on any atom is -0.507 e. The second kappa shape index (κ2) is 7.61. The summed E-state index contributed by atoms with van der Waals surface area (Å²) in [7, 11) is 0.478. The number of aryl methyl sites for hydroxylation is 2. The van der Waals surface area contributed by atoms with Crippen LogP contribution in [0.1, 0.15) is 56.7 Å². The third kappa shape index (κ3) is 4.07. The van der Waals surface area contributed by atoms with E-state index in [1.807, 2.05) is 6.92 Å². The fraction of sp³-hybridized carbons (Fsp3) is 0.478. The summed E-state index contributed by atoms with van der Waals surface area (Å²) in [5, 5.41) is 13.2. The summed E-state index contributed by atoms with van der Waals surface area (Å²) < 4.78 is 0. The van der Waals surface area contributed by atoms with E-state index in [-0.39, 0.29) is 5.41 Å². The Kier molecular flexibility index (Phi) is 5.63. The molecule has 26 heavy (non-hydrogen) atoms. The van der Waals surface area contributed by atoms with Gasteiger partial charge >= 0.3 is 0 Å². The lowest BCUT2D eigenvalue weighted by Crippen LogP contribution is -2.33. The van der Waals surface area contributed by atoms with Crippen molar-refractivity contribution in [1.29, 1.82) is 0 Å². The van der Waals surface area contributed by atoms with Gasteiger partial charge in [-0.3, -0.25) is 0 Å². The molecule has 2 aromatic carbocycles. The van der Waals surface area contributed by atoms with Crippen LogP contribution in [0.3, 0.4) is 0 Å². The summed E-state index contributed by atoms with van der Waals surface area (Å²) in [5.41, 5.74) is 5.04. The van der Waals surface area contributed by atoms with E-state index >= 15 is 0 Å². The average molecular weight is 369 g/mol. The number of aromatic hydroxyl groups is 1. The molecule has 1 heterocycles. The Morgan fingerprint density at radius 2 is 1.65 bits per heavy atom. The lowest BCUT2D eigenvalue weighted by Gasteiger charge is -2.31. The van der Waals surface area contributed by atoms with E-state index in [2.05, 4.69) is 62.9 Å². The Hall–Kier alpha value is -1.53. The topological polar surface area (TPSA) is 23.5 Å². The Labute approximate surface area is 160 Å². The lowest BCUT2D eigenvalue weighted by atomic mass is 9.86. The average Bonchev–Trinajstić information content (AvgIpc) is 2.60. The van der Waals surface area contributed by atoms with E-state index < -0.39 is 0 Å². The first-order valence-corrected chi connectivity index (χ1v) is 10.7. The van der Waals surface area contributed by atoms with E-state index in [0.717, 1.165) is 24.0 Å². The Morgan fingerprint density at radius 3 is 2.31 bits per heavy atom. The molecule has 2 aromatic rings. The summed E-state index contributed by atoms with van der Waals surface area (Å²) in [5.74, 6) is 0.462. The van der Waals surface area contributed by atoms with Crippen LogP contribution in [0.5, 0.6) is 5.75 Å². The quantitative estimate of drug-likeness (QED) is 0.776. The number of rotatable bonds is 3. The fourth-order valence-corrected chi connectivity index (χ4v) is 5.12. The number of phenols is 1. The molecule has 1 saturated heterocycles. The van der Waals surface area contributed by atoms with E-state index in [4.69, 9.17) is 0 Å². The van der Waals surface area contributed by atoms with Crippen LogP contribution in [0.25, 0.3) is 0 Å². The normalized spacial score (nSPS) is 15.8. The van der Waals surface area contributed by atoms with Crippen molar-refractivity contribution < 1.29 is 5.11 Å². The van der Waals surface area contributed by atoms with Crippen molar-refractivity contribution in [2.75, 3.05) is 18.0 Å². The summed E-state index contributed by atoms with van der Waals surface area (Å²) in [6.45, 7) is 13.2. The third-order valence-corrected chi connectivity index (χ3v) is 6.92. The van der Waals surface area contributed by atoms with E-state index in [9.17, 15) is 5.11 Å². The number of hydrogen-bond donors (Lipinski definition) is 1. The van der Waals surface area contributed by atoms with E-state index in [1.165, 1.54) is 41.4 Å². The van der Waals surface area contributed by atoms with Gasteiger partial charge in [-0.05, 0) is 67.3 Å². The first-order valence-electron chi connectivity index (χ1n) is 9.73. The molecule has 140 valence electrons. The highest BCUT2D eigenvalue weighted by molar-refractivity contribution is 7.56. The second-order valence-electron chi connectivity index (χ2n) is 8.58. The smallest absolute Gasteiger partial charge is 0.126 e. The van der Waals surface area contributed by atoms with Gasteiger partial charge in [-0.15, -0.1) is 0 Å². The maximum atomic E-state index is 10.7. The number of hydrogen-bond acceptors (Lipinski definition) is 2. The predicted molar refractivity (Wildman–Crippen MR) is 116 cm³/mol. The van der Waals surface area contributed by atoms with Gasteiger partial charge in [-0.1, -0.05) is 47.6 Å². The zero-order valence-electron chi connectivity index (χ0n) is 16.8. The highest BCUT2D eigenvalue weighted by Gasteiger charge is 2.20. The predicted octanol–water partition coefficient (Wildman–Crippen LogP) is 4.93. The molecule has 1 aliphatic rings. The molecule has 1 aliphatic heterocycles. The molecule has 0 radical (unpaired) electrons. The minimum absolute atomic E-state index is 0.0825. The molecule has 1 atom stereocenters. The van der Waals surface area contributed by atoms with Gasteiger partial charge in [0.1, 0.15) is 5.75 Å². The summed E-state index contributed by atoms with van der Waals surface area (Å²) in [4.78, 5) is 2.54. The van der Waals surface area contributed by atoms with Crippen LogP contribution in [-0.2, 0) is 5.41 Å². The molecular formula is C23H32NOP. The maximum absolute atomic E-state index is 10.7. The summed E-state index contributed by atoms with van der Waals surface area (Å²) in [6.07, 6.45) is 3.90. The molecule has 1 N–H and O–H groups in total. The number of piperidine rings is 1. The van der Waals surface area contributed by atoms with Gasteiger partial charge in [-0.2, -0.15) is 0 Å². The number of nitrogens with zero attached hydrogens (tertiary/aromatic N) is 1. The van der Waals surface area contributed by atoms with Crippen molar-refractivity contribution in [3.05, 3.63) is 47.0 Å². The van der Waals surface area contributed by atoms with Gasteiger partial charge in [0.15, 0.2) is 0 Å². The third-order valence-electron chi connectivity index (χ3n) is 5.37. The standard InChI is InChI=1S/C23H32NOP/c1-16-10-9-11-19(24-12-7-6-8-13-24)22(16)26-20-15-18(23(3,4)5)14-17(2)21(20)25/h9-11,14-15,25-26H,6-8,12-13H2,1-5H3. The molecule has 0 bridgehead atoms. The van der Waals surface area contributed by atoms with Crippen molar-refractivity contribution in [2.24, 2.45) is 0 Å². The van der Waals surface area contributed by atoms with E-state index in [1.54, 1.807) is 0 Å². The molecule has 0 spiro atoms. The molecule has 0 aromatic heterocycles. The lowest BCUT2D eigenvalue weighted by molar-refractivity contribution is 0.474. The molecule has 0 amide bonds. The van der Waals surface area contributed by atoms with Crippen LogP contribution < -0.4 is 15.5 Å². The maximum Gasteiger partial charge on any atom is 0.126 e. The fourth-order valence-electron chi connectivity index (χ4n) is 3.66. The zero-order valence-corrected chi connectivity index (χ0v) is 17.8. The highest BCUT2D eigenvalue weighted by atomic mass is 31.1. The largest absolute Gasteiger partial charge is 0.507 e. The molecule has 1 fully saturated rings. The number of anilines is 1.